The minimum Gasteiger partial charge on any atom is -0.478 e. The largest absolute Gasteiger partial charge is 0.478 e. The van der Waals surface area contributed by atoms with Crippen molar-refractivity contribution in [3.8, 4) is 0 Å². The average molecular weight is 623 g/mol. The third-order valence-electron chi connectivity index (χ3n) is 14.5. The Morgan fingerprint density at radius 1 is 0.932 bits per heavy atom. The molecule has 0 aromatic carbocycles. The summed E-state index contributed by atoms with van der Waals surface area (Å²) >= 11 is 0. The maximum Gasteiger partial charge on any atom is 0.330 e. The van der Waals surface area contributed by atoms with Gasteiger partial charge < -0.3 is 40.1 Å². The second-order valence-electron chi connectivity index (χ2n) is 16.5. The zero-order chi connectivity index (χ0) is 32.6. The summed E-state index contributed by atoms with van der Waals surface area (Å²) in [6, 6.07) is 0. The molecule has 0 unspecified atom stereocenters. The molecular weight excluding hydrogens is 564 g/mol. The van der Waals surface area contributed by atoms with Gasteiger partial charge in [-0.2, -0.15) is 0 Å². The molecule has 15 atom stereocenters. The van der Waals surface area contributed by atoms with E-state index in [0.717, 1.165) is 32.1 Å². The molecule has 0 amide bonds. The van der Waals surface area contributed by atoms with E-state index in [0.29, 0.717) is 30.8 Å². The van der Waals surface area contributed by atoms with Crippen LogP contribution in [0.1, 0.15) is 99.8 Å². The van der Waals surface area contributed by atoms with Crippen LogP contribution < -0.4 is 0 Å². The number of carboxylic acids is 1. The highest BCUT2D eigenvalue weighted by molar-refractivity contribution is 5.85. The molecule has 4 aliphatic carbocycles. The van der Waals surface area contributed by atoms with Gasteiger partial charge in [0.2, 0.25) is 0 Å². The van der Waals surface area contributed by atoms with Gasteiger partial charge in [-0.15, -0.1) is 0 Å². The number of aliphatic hydroxyl groups is 5. The molecule has 1 saturated heterocycles. The zero-order valence-electron chi connectivity index (χ0n) is 27.8. The van der Waals surface area contributed by atoms with Crippen LogP contribution in [0.15, 0.2) is 11.6 Å². The summed E-state index contributed by atoms with van der Waals surface area (Å²) in [5.74, 6) is 0.284. The molecule has 252 valence electrons. The van der Waals surface area contributed by atoms with Crippen molar-refractivity contribution >= 4 is 5.97 Å². The molecule has 5 fully saturated rings. The summed E-state index contributed by atoms with van der Waals surface area (Å²) in [6.45, 7) is 15.0. The third-order valence-corrected chi connectivity index (χ3v) is 14.5. The second-order valence-corrected chi connectivity index (χ2v) is 16.5. The summed E-state index contributed by atoms with van der Waals surface area (Å²) in [7, 11) is 0. The highest BCUT2D eigenvalue weighted by Crippen LogP contribution is 2.74. The van der Waals surface area contributed by atoms with Crippen molar-refractivity contribution in [2.75, 3.05) is 6.61 Å². The van der Waals surface area contributed by atoms with Crippen molar-refractivity contribution in [3.05, 3.63) is 11.6 Å². The first-order valence-corrected chi connectivity index (χ1v) is 17.0. The van der Waals surface area contributed by atoms with Crippen LogP contribution in [0.5, 0.6) is 0 Å². The van der Waals surface area contributed by atoms with Gasteiger partial charge >= 0.3 is 5.97 Å². The van der Waals surface area contributed by atoms with Crippen molar-refractivity contribution in [1.29, 1.82) is 0 Å². The Hall–Kier alpha value is -1.07. The van der Waals surface area contributed by atoms with Crippen molar-refractivity contribution in [2.24, 2.45) is 51.2 Å². The fourth-order valence-electron chi connectivity index (χ4n) is 11.6. The molecule has 0 bridgehead atoms. The quantitative estimate of drug-likeness (QED) is 0.183. The summed E-state index contributed by atoms with van der Waals surface area (Å²) in [6.07, 6.45) is 2.19. The predicted molar refractivity (Wildman–Crippen MR) is 164 cm³/mol. The fourth-order valence-corrected chi connectivity index (χ4v) is 11.6. The van der Waals surface area contributed by atoms with Gasteiger partial charge in [0.05, 0.1) is 24.9 Å². The lowest BCUT2D eigenvalue weighted by atomic mass is 9.37. The predicted octanol–water partition coefficient (Wildman–Crippen LogP) is 3.88. The molecule has 1 aliphatic heterocycles. The van der Waals surface area contributed by atoms with E-state index in [2.05, 4.69) is 41.5 Å². The van der Waals surface area contributed by atoms with Crippen molar-refractivity contribution < 1.29 is 44.9 Å². The number of allylic oxidation sites excluding steroid dienone is 1. The van der Waals surface area contributed by atoms with Crippen LogP contribution >= 0.6 is 0 Å². The Balaban J connectivity index is 1.36. The molecule has 44 heavy (non-hydrogen) atoms. The van der Waals surface area contributed by atoms with Crippen molar-refractivity contribution in [3.63, 3.8) is 0 Å². The Morgan fingerprint density at radius 2 is 1.59 bits per heavy atom. The van der Waals surface area contributed by atoms with E-state index in [1.54, 1.807) is 13.0 Å². The number of aliphatic carboxylic acids is 1. The standard InChI is InChI=1S/C35H58O9/c1-18(9-8-10-19(2)30(41)42)21-15-25(37)34(6)20-11-12-24-32(3,4)27(44-31-29(40)28(39)23(36)17-43-31)13-14-33(24,5)22(20)16-26(38)35(21,34)7/h10,18,20-29,31,36-40H,8-9,11-17H2,1-7H3,(H,41,42)/b19-10+/t18-,20-,21-,22+,23+,24-,25-,26+,27-,28+,29-,31-,33+,34-,35-/m0/s1. The van der Waals surface area contributed by atoms with Gasteiger partial charge in [-0.05, 0) is 98.7 Å². The first-order chi connectivity index (χ1) is 20.4. The van der Waals surface area contributed by atoms with Crippen molar-refractivity contribution in [1.82, 2.24) is 0 Å². The van der Waals surface area contributed by atoms with Crippen molar-refractivity contribution in [2.45, 2.75) is 143 Å². The summed E-state index contributed by atoms with van der Waals surface area (Å²) in [5, 5.41) is 63.9. The summed E-state index contributed by atoms with van der Waals surface area (Å²) in [5.41, 5.74) is -0.864. The second kappa shape index (κ2) is 11.9. The Bertz CT molecular complexity index is 1110. The lowest BCUT2D eigenvalue weighted by molar-refractivity contribution is -0.310. The van der Waals surface area contributed by atoms with Crippen LogP contribution in [0.3, 0.4) is 0 Å². The average Bonchev–Trinajstić information content (AvgIpc) is 3.17. The van der Waals surface area contributed by atoms with Gasteiger partial charge in [-0.25, -0.2) is 4.79 Å². The van der Waals surface area contributed by atoms with E-state index in [1.807, 2.05) is 0 Å². The number of ether oxygens (including phenoxy) is 2. The van der Waals surface area contributed by atoms with E-state index in [-0.39, 0.29) is 47.2 Å². The number of rotatable bonds is 7. The maximum absolute atomic E-state index is 12.1. The van der Waals surface area contributed by atoms with Gasteiger partial charge in [0.1, 0.15) is 18.3 Å². The molecule has 0 radical (unpaired) electrons. The van der Waals surface area contributed by atoms with Gasteiger partial charge in [0, 0.05) is 16.4 Å². The Morgan fingerprint density at radius 3 is 2.25 bits per heavy atom. The smallest absolute Gasteiger partial charge is 0.330 e. The highest BCUT2D eigenvalue weighted by Gasteiger charge is 2.73. The molecule has 0 aromatic rings. The van der Waals surface area contributed by atoms with Crippen LogP contribution in [0, 0.1) is 51.2 Å². The van der Waals surface area contributed by atoms with Crippen LogP contribution in [0.4, 0.5) is 0 Å². The van der Waals surface area contributed by atoms with Crippen LogP contribution in [0.25, 0.3) is 0 Å². The monoisotopic (exact) mass is 622 g/mol. The number of carboxylic acid groups (broad SMARTS) is 1. The molecule has 9 nitrogen and oxygen atoms in total. The molecule has 5 aliphatic rings. The molecule has 0 spiro atoms. The topological polar surface area (TPSA) is 157 Å². The minimum atomic E-state index is -1.32. The number of carbonyl (C=O) groups is 1. The first kappa shape index (κ1) is 34.3. The number of hydrogen-bond acceptors (Lipinski definition) is 8. The van der Waals surface area contributed by atoms with Gasteiger partial charge in [0.15, 0.2) is 6.29 Å². The van der Waals surface area contributed by atoms with Crippen LogP contribution in [0.2, 0.25) is 0 Å². The van der Waals surface area contributed by atoms with E-state index in [1.165, 1.54) is 0 Å². The van der Waals surface area contributed by atoms with E-state index < -0.39 is 53.6 Å². The summed E-state index contributed by atoms with van der Waals surface area (Å²) < 4.78 is 12.0. The number of aliphatic hydroxyl groups excluding tert-OH is 5. The van der Waals surface area contributed by atoms with E-state index in [4.69, 9.17) is 9.47 Å². The molecule has 5 rings (SSSR count). The van der Waals surface area contributed by atoms with Gasteiger partial charge in [-0.1, -0.05) is 47.6 Å². The maximum atomic E-state index is 12.1. The highest BCUT2D eigenvalue weighted by atomic mass is 16.7. The van der Waals surface area contributed by atoms with E-state index in [9.17, 15) is 35.4 Å². The minimum absolute atomic E-state index is 0.0675. The lowest BCUT2D eigenvalue weighted by Crippen LogP contribution is -2.67. The molecular formula is C35H58O9. The Labute approximate surface area is 263 Å². The van der Waals surface area contributed by atoms with Gasteiger partial charge in [0.25, 0.3) is 0 Å². The Kier molecular flexibility index (Phi) is 9.24. The number of fused-ring (bicyclic) bond motifs is 5. The van der Waals surface area contributed by atoms with Crippen LogP contribution in [-0.4, -0.2) is 86.1 Å². The molecule has 0 aromatic heterocycles. The van der Waals surface area contributed by atoms with E-state index >= 15 is 0 Å². The number of hydrogen-bond donors (Lipinski definition) is 6. The fraction of sp³-hybridized carbons (Fsp3) is 0.914. The molecule has 9 heteroatoms. The normalized spacial score (nSPS) is 51.2. The third kappa shape index (κ3) is 5.03. The molecule has 6 N–H and O–H groups in total. The van der Waals surface area contributed by atoms with Gasteiger partial charge in [-0.3, -0.25) is 0 Å². The molecule has 1 heterocycles. The lowest BCUT2D eigenvalue weighted by Gasteiger charge is -2.69. The van der Waals surface area contributed by atoms with Crippen LogP contribution in [-0.2, 0) is 14.3 Å². The zero-order valence-corrected chi connectivity index (χ0v) is 27.8. The summed E-state index contributed by atoms with van der Waals surface area (Å²) in [4.78, 5) is 11.3. The first-order valence-electron chi connectivity index (χ1n) is 17.0. The molecule has 4 saturated carbocycles. The SMILES string of the molecule is C/C(=C\CC[C@H](C)[C@@H]1C[C@H](O)[C@]2(C)[C@H]3CC[C@H]4C(C)(C)[C@@H](O[C@@H]5OC[C@@H](O)[C@@H](O)[C@@H]5O)CC[C@]4(C)[C@@H]3C[C@@H](O)[C@]12C)C(=O)O.